The minimum absolute atomic E-state index is 0.765. The second-order valence-corrected chi connectivity index (χ2v) is 7.16. The third kappa shape index (κ3) is 4.46. The molecule has 0 saturated heterocycles. The Kier molecular flexibility index (Phi) is 6.15. The molecule has 0 amide bonds. The first-order chi connectivity index (χ1) is 9.20. The second kappa shape index (κ2) is 7.64. The van der Waals surface area contributed by atoms with E-state index in [4.69, 9.17) is 0 Å². The van der Waals surface area contributed by atoms with Gasteiger partial charge in [0, 0.05) is 18.1 Å². The molecule has 0 aliphatic heterocycles. The zero-order valence-electron chi connectivity index (χ0n) is 13.3. The number of rotatable bonds is 6. The molecule has 1 N–H and O–H groups in total. The third-order valence-corrected chi connectivity index (χ3v) is 5.28. The van der Waals surface area contributed by atoms with Crippen molar-refractivity contribution >= 4 is 0 Å². The van der Waals surface area contributed by atoms with Gasteiger partial charge in [-0.3, -0.25) is 4.90 Å². The highest BCUT2D eigenvalue weighted by molar-refractivity contribution is 4.88. The van der Waals surface area contributed by atoms with Gasteiger partial charge >= 0.3 is 0 Å². The second-order valence-electron chi connectivity index (χ2n) is 7.16. The fraction of sp³-hybridized carbons (Fsp3) is 1.00. The molecule has 0 aromatic carbocycles. The Morgan fingerprint density at radius 1 is 1.00 bits per heavy atom. The SMILES string of the molecule is CNC1CCCC(N(CCC(C)C)C2CCCC2)C1. The van der Waals surface area contributed by atoms with Gasteiger partial charge in [0.25, 0.3) is 0 Å². The maximum atomic E-state index is 3.52. The van der Waals surface area contributed by atoms with E-state index in [1.54, 1.807) is 0 Å². The van der Waals surface area contributed by atoms with Crippen LogP contribution in [0.25, 0.3) is 0 Å². The molecule has 0 aromatic heterocycles. The Bertz CT molecular complexity index is 246. The summed E-state index contributed by atoms with van der Waals surface area (Å²) in [5.74, 6) is 0.840. The summed E-state index contributed by atoms with van der Waals surface area (Å²) in [5.41, 5.74) is 0. The third-order valence-electron chi connectivity index (χ3n) is 5.28. The Morgan fingerprint density at radius 3 is 2.32 bits per heavy atom. The van der Waals surface area contributed by atoms with Crippen LogP contribution >= 0.6 is 0 Å². The van der Waals surface area contributed by atoms with Crippen molar-refractivity contribution in [3.8, 4) is 0 Å². The Hall–Kier alpha value is -0.0800. The molecule has 0 heterocycles. The summed E-state index contributed by atoms with van der Waals surface area (Å²) in [5, 5.41) is 3.52. The maximum absolute atomic E-state index is 3.52. The highest BCUT2D eigenvalue weighted by Crippen LogP contribution is 2.31. The summed E-state index contributed by atoms with van der Waals surface area (Å²) in [7, 11) is 2.14. The lowest BCUT2D eigenvalue weighted by Gasteiger charge is -2.41. The van der Waals surface area contributed by atoms with Crippen molar-refractivity contribution < 1.29 is 0 Å². The Balaban J connectivity index is 1.94. The summed E-state index contributed by atoms with van der Waals surface area (Å²) in [6.45, 7) is 6.07. The van der Waals surface area contributed by atoms with Crippen molar-refractivity contribution in [2.24, 2.45) is 5.92 Å². The quantitative estimate of drug-likeness (QED) is 0.786. The van der Waals surface area contributed by atoms with E-state index in [-0.39, 0.29) is 0 Å². The van der Waals surface area contributed by atoms with Crippen LogP contribution in [0.15, 0.2) is 0 Å². The van der Waals surface area contributed by atoms with Crippen LogP contribution in [0, 0.1) is 5.92 Å². The molecule has 2 fully saturated rings. The smallest absolute Gasteiger partial charge is 0.0113 e. The molecule has 0 radical (unpaired) electrons. The van der Waals surface area contributed by atoms with Crippen LogP contribution in [0.1, 0.15) is 71.6 Å². The number of nitrogens with one attached hydrogen (secondary N) is 1. The first kappa shape index (κ1) is 15.3. The van der Waals surface area contributed by atoms with E-state index >= 15 is 0 Å². The van der Waals surface area contributed by atoms with Crippen LogP contribution in [0.4, 0.5) is 0 Å². The van der Waals surface area contributed by atoms with Crippen molar-refractivity contribution in [2.75, 3.05) is 13.6 Å². The van der Waals surface area contributed by atoms with Crippen molar-refractivity contribution in [1.82, 2.24) is 10.2 Å². The topological polar surface area (TPSA) is 15.3 Å². The average Bonchev–Trinajstić information content (AvgIpc) is 2.93. The molecule has 2 nitrogen and oxygen atoms in total. The molecule has 0 bridgehead atoms. The fourth-order valence-corrected chi connectivity index (χ4v) is 4.03. The van der Waals surface area contributed by atoms with Crippen molar-refractivity contribution in [3.63, 3.8) is 0 Å². The monoisotopic (exact) mass is 266 g/mol. The molecule has 112 valence electrons. The first-order valence-corrected chi connectivity index (χ1v) is 8.63. The lowest BCUT2D eigenvalue weighted by atomic mass is 9.88. The van der Waals surface area contributed by atoms with Crippen LogP contribution in [0.2, 0.25) is 0 Å². The van der Waals surface area contributed by atoms with Crippen LogP contribution in [0.5, 0.6) is 0 Å². The van der Waals surface area contributed by atoms with E-state index in [1.807, 2.05) is 0 Å². The van der Waals surface area contributed by atoms with Gasteiger partial charge in [0.1, 0.15) is 0 Å². The van der Waals surface area contributed by atoms with Gasteiger partial charge in [-0.25, -0.2) is 0 Å². The van der Waals surface area contributed by atoms with E-state index in [1.165, 1.54) is 64.3 Å². The maximum Gasteiger partial charge on any atom is 0.0113 e. The minimum Gasteiger partial charge on any atom is -0.317 e. The molecule has 2 rings (SSSR count). The standard InChI is InChI=1S/C17H34N2/c1-14(2)11-12-19(16-8-4-5-9-16)17-10-6-7-15(13-17)18-3/h14-18H,4-13H2,1-3H3. The van der Waals surface area contributed by atoms with Gasteiger partial charge in [0.2, 0.25) is 0 Å². The van der Waals surface area contributed by atoms with Crippen LogP contribution in [-0.4, -0.2) is 36.6 Å². The molecule has 2 atom stereocenters. The molecule has 2 saturated carbocycles. The van der Waals surface area contributed by atoms with Gasteiger partial charge < -0.3 is 5.32 Å². The molecule has 19 heavy (non-hydrogen) atoms. The average molecular weight is 266 g/mol. The van der Waals surface area contributed by atoms with Gasteiger partial charge in [-0.05, 0) is 58.0 Å². The lowest BCUT2D eigenvalue weighted by molar-refractivity contribution is 0.0902. The molecule has 2 unspecified atom stereocenters. The van der Waals surface area contributed by atoms with E-state index in [0.29, 0.717) is 0 Å². The predicted molar refractivity (Wildman–Crippen MR) is 83.5 cm³/mol. The van der Waals surface area contributed by atoms with Crippen LogP contribution < -0.4 is 5.32 Å². The molecular weight excluding hydrogens is 232 g/mol. The number of nitrogens with zero attached hydrogens (tertiary/aromatic N) is 1. The lowest BCUT2D eigenvalue weighted by Crippen LogP contribution is -2.48. The van der Waals surface area contributed by atoms with E-state index in [0.717, 1.165) is 24.0 Å². The molecule has 2 aliphatic rings. The Morgan fingerprint density at radius 2 is 1.68 bits per heavy atom. The number of hydrogen-bond acceptors (Lipinski definition) is 2. The van der Waals surface area contributed by atoms with Gasteiger partial charge in [0.05, 0.1) is 0 Å². The Labute approximate surface area is 120 Å². The summed E-state index contributed by atoms with van der Waals surface area (Å²) in [4.78, 5) is 2.91. The van der Waals surface area contributed by atoms with Crippen molar-refractivity contribution in [3.05, 3.63) is 0 Å². The van der Waals surface area contributed by atoms with Gasteiger partial charge in [-0.2, -0.15) is 0 Å². The van der Waals surface area contributed by atoms with E-state index in [9.17, 15) is 0 Å². The molecule has 0 spiro atoms. The predicted octanol–water partition coefficient (Wildman–Crippen LogP) is 3.81. The first-order valence-electron chi connectivity index (χ1n) is 8.63. The zero-order valence-corrected chi connectivity index (χ0v) is 13.3. The van der Waals surface area contributed by atoms with E-state index < -0.39 is 0 Å². The van der Waals surface area contributed by atoms with Crippen LogP contribution in [0.3, 0.4) is 0 Å². The van der Waals surface area contributed by atoms with E-state index in [2.05, 4.69) is 31.1 Å². The van der Waals surface area contributed by atoms with Crippen LogP contribution in [-0.2, 0) is 0 Å². The van der Waals surface area contributed by atoms with Gasteiger partial charge in [-0.15, -0.1) is 0 Å². The highest BCUT2D eigenvalue weighted by atomic mass is 15.2. The summed E-state index contributed by atoms with van der Waals surface area (Å²) in [6.07, 6.45) is 12.8. The zero-order chi connectivity index (χ0) is 13.7. The van der Waals surface area contributed by atoms with Crippen molar-refractivity contribution in [2.45, 2.75) is 89.8 Å². The summed E-state index contributed by atoms with van der Waals surface area (Å²) < 4.78 is 0. The minimum atomic E-state index is 0.765. The van der Waals surface area contributed by atoms with Gasteiger partial charge in [0.15, 0.2) is 0 Å². The largest absolute Gasteiger partial charge is 0.317 e. The van der Waals surface area contributed by atoms with Crippen molar-refractivity contribution in [1.29, 1.82) is 0 Å². The summed E-state index contributed by atoms with van der Waals surface area (Å²) in [6, 6.07) is 2.52. The molecular formula is C17H34N2. The molecule has 0 aromatic rings. The highest BCUT2D eigenvalue weighted by Gasteiger charge is 2.31. The molecule has 2 aliphatic carbocycles. The fourth-order valence-electron chi connectivity index (χ4n) is 4.03. The molecule has 2 heteroatoms. The van der Waals surface area contributed by atoms with Gasteiger partial charge in [-0.1, -0.05) is 33.1 Å². The summed E-state index contributed by atoms with van der Waals surface area (Å²) >= 11 is 0. The normalized spacial score (nSPS) is 29.5. The number of hydrogen-bond donors (Lipinski definition) is 1.